The Balaban J connectivity index is 1.40. The molecule has 0 radical (unpaired) electrons. The Kier molecular flexibility index (Phi) is 7.82. The molecular weight excluding hydrogens is 497 g/mol. The Labute approximate surface area is 210 Å². The highest BCUT2D eigenvalue weighted by Gasteiger charge is 2.37. The fraction of sp³-hybridized carbons (Fsp3) is 0.458. The number of pyridine rings is 1. The molecule has 1 aromatic carbocycles. The average Bonchev–Trinajstić information content (AvgIpc) is 2.82. The molecule has 0 saturated carbocycles. The van der Waals surface area contributed by atoms with E-state index < -0.39 is 24.1 Å². The van der Waals surface area contributed by atoms with Crippen LogP contribution in [0.1, 0.15) is 24.5 Å². The van der Waals surface area contributed by atoms with Crippen molar-refractivity contribution in [2.24, 2.45) is 5.92 Å². The Bertz CT molecular complexity index is 1160. The number of nitrogens with zero attached hydrogens (tertiary/aromatic N) is 2. The first kappa shape index (κ1) is 25.9. The van der Waals surface area contributed by atoms with Crippen LogP contribution in [0.4, 0.5) is 23.7 Å². The molecule has 194 valence electrons. The van der Waals surface area contributed by atoms with E-state index in [0.717, 1.165) is 24.2 Å². The molecule has 1 fully saturated rings. The van der Waals surface area contributed by atoms with Gasteiger partial charge in [0.1, 0.15) is 11.8 Å². The molecule has 2 aliphatic rings. The van der Waals surface area contributed by atoms with Crippen molar-refractivity contribution in [3.05, 3.63) is 58.5 Å². The lowest BCUT2D eigenvalue weighted by Crippen LogP contribution is -2.55. The number of fused-ring (bicyclic) bond motifs is 4. The van der Waals surface area contributed by atoms with E-state index in [4.69, 9.17) is 0 Å². The second-order valence-electron chi connectivity index (χ2n) is 8.95. The molecule has 2 aromatic rings. The summed E-state index contributed by atoms with van der Waals surface area (Å²) in [5.41, 5.74) is 1.17. The summed E-state index contributed by atoms with van der Waals surface area (Å²) < 4.78 is 42.7. The molecule has 12 heteroatoms. The van der Waals surface area contributed by atoms with Gasteiger partial charge in [0.15, 0.2) is 0 Å². The number of benzene rings is 1. The smallest absolute Gasteiger partial charge is 0.406 e. The molecule has 4 rings (SSSR count). The molecule has 2 N–H and O–H groups in total. The molecule has 8 nitrogen and oxygen atoms in total. The number of hydrogen-bond acceptors (Lipinski definition) is 5. The first-order valence-corrected chi connectivity index (χ1v) is 12.9. The van der Waals surface area contributed by atoms with Gasteiger partial charge in [-0.05, 0) is 61.1 Å². The fourth-order valence-corrected chi connectivity index (χ4v) is 5.25. The molecule has 2 bridgehead atoms. The van der Waals surface area contributed by atoms with E-state index in [1.165, 1.54) is 23.9 Å². The van der Waals surface area contributed by atoms with Crippen molar-refractivity contribution in [1.82, 2.24) is 14.8 Å². The van der Waals surface area contributed by atoms with E-state index in [1.54, 1.807) is 21.6 Å². The van der Waals surface area contributed by atoms with Crippen molar-refractivity contribution in [3.63, 3.8) is 0 Å². The number of urea groups is 1. The molecule has 1 aromatic heterocycles. The van der Waals surface area contributed by atoms with E-state index in [2.05, 4.69) is 15.4 Å². The number of aromatic nitrogens is 1. The van der Waals surface area contributed by atoms with Crippen LogP contribution in [0.15, 0.2) is 47.3 Å². The van der Waals surface area contributed by atoms with Crippen LogP contribution >= 0.6 is 11.8 Å². The van der Waals surface area contributed by atoms with Crippen LogP contribution in [0.5, 0.6) is 5.75 Å². The summed E-state index contributed by atoms with van der Waals surface area (Å²) in [6.45, 7) is 1.49. The quantitative estimate of drug-likeness (QED) is 0.577. The highest BCUT2D eigenvalue weighted by molar-refractivity contribution is 7.98. The van der Waals surface area contributed by atoms with E-state index in [-0.39, 0.29) is 29.1 Å². The van der Waals surface area contributed by atoms with Gasteiger partial charge >= 0.3 is 12.4 Å². The third-order valence-electron chi connectivity index (χ3n) is 6.35. The predicted molar refractivity (Wildman–Crippen MR) is 130 cm³/mol. The maximum Gasteiger partial charge on any atom is 0.573 e. The molecule has 3 heterocycles. The van der Waals surface area contributed by atoms with Crippen LogP contribution in [0.25, 0.3) is 0 Å². The van der Waals surface area contributed by atoms with Crippen molar-refractivity contribution in [3.8, 4) is 5.75 Å². The topological polar surface area (TPSA) is 92.7 Å². The zero-order valence-corrected chi connectivity index (χ0v) is 20.4. The van der Waals surface area contributed by atoms with Crippen LogP contribution in [-0.4, -0.2) is 58.9 Å². The third kappa shape index (κ3) is 6.34. The van der Waals surface area contributed by atoms with Gasteiger partial charge in [-0.2, -0.15) is 11.8 Å². The van der Waals surface area contributed by atoms with Crippen molar-refractivity contribution in [2.75, 3.05) is 30.4 Å². The number of amides is 3. The number of rotatable bonds is 7. The number of thioether (sulfide) groups is 1. The SMILES string of the molecule is CSCC[C@H](NC(=O)N1C[C@H]2C[C@@H](C1)c1cccc(=O)n1C2)C(=O)Nc1ccc(OC(F)(F)F)cc1. The van der Waals surface area contributed by atoms with Gasteiger partial charge in [0.25, 0.3) is 5.56 Å². The first-order chi connectivity index (χ1) is 17.1. The lowest BCUT2D eigenvalue weighted by molar-refractivity contribution is -0.274. The van der Waals surface area contributed by atoms with Gasteiger partial charge in [-0.25, -0.2) is 4.79 Å². The highest BCUT2D eigenvalue weighted by Crippen LogP contribution is 2.35. The van der Waals surface area contributed by atoms with Crippen molar-refractivity contribution < 1.29 is 27.5 Å². The second-order valence-corrected chi connectivity index (χ2v) is 9.93. The monoisotopic (exact) mass is 524 g/mol. The van der Waals surface area contributed by atoms with Gasteiger partial charge in [0.2, 0.25) is 5.91 Å². The number of alkyl halides is 3. The minimum atomic E-state index is -4.80. The molecule has 3 atom stereocenters. The van der Waals surface area contributed by atoms with Crippen LogP contribution in [0, 0.1) is 5.92 Å². The van der Waals surface area contributed by atoms with Crippen LogP contribution in [0.2, 0.25) is 0 Å². The molecule has 2 aliphatic heterocycles. The lowest BCUT2D eigenvalue weighted by atomic mass is 9.83. The number of anilines is 1. The van der Waals surface area contributed by atoms with Crippen molar-refractivity contribution in [1.29, 1.82) is 0 Å². The zero-order valence-electron chi connectivity index (χ0n) is 19.6. The van der Waals surface area contributed by atoms with E-state index in [1.807, 2.05) is 12.3 Å². The largest absolute Gasteiger partial charge is 0.573 e. The Hall–Kier alpha value is -3.15. The number of likely N-dealkylation sites (tertiary alicyclic amines) is 1. The number of carbonyl (C=O) groups is 2. The van der Waals surface area contributed by atoms with E-state index in [9.17, 15) is 27.6 Å². The van der Waals surface area contributed by atoms with Gasteiger partial charge in [0, 0.05) is 43.0 Å². The maximum absolute atomic E-state index is 13.2. The number of ether oxygens (including phenoxy) is 1. The van der Waals surface area contributed by atoms with Gasteiger partial charge in [0.05, 0.1) is 0 Å². The standard InChI is InChI=1S/C24H27F3N4O4S/c1-36-10-9-19(22(33)28-17-5-7-18(8-6-17)35-24(25,26)27)29-23(34)30-12-15-11-16(14-30)20-3-2-4-21(32)31(20)13-15/h2-8,15-16,19H,9-14H2,1H3,(H,28,33)(H,29,34)/t15-,16+,19+/m1/s1. The molecule has 36 heavy (non-hydrogen) atoms. The summed E-state index contributed by atoms with van der Waals surface area (Å²) in [4.78, 5) is 40.0. The lowest BCUT2D eigenvalue weighted by Gasteiger charge is -2.43. The minimum Gasteiger partial charge on any atom is -0.406 e. The summed E-state index contributed by atoms with van der Waals surface area (Å²) in [5, 5.41) is 5.48. The first-order valence-electron chi connectivity index (χ1n) is 11.5. The third-order valence-corrected chi connectivity index (χ3v) is 6.99. The normalized spacial score (nSPS) is 19.7. The number of piperidine rings is 1. The summed E-state index contributed by atoms with van der Waals surface area (Å²) in [6.07, 6.45) is -1.63. The second kappa shape index (κ2) is 10.9. The molecule has 0 aliphatic carbocycles. The van der Waals surface area contributed by atoms with Gasteiger partial charge < -0.3 is 24.8 Å². The molecule has 1 saturated heterocycles. The molecule has 3 amide bonds. The van der Waals surface area contributed by atoms with Crippen LogP contribution in [0.3, 0.4) is 0 Å². The van der Waals surface area contributed by atoms with Crippen molar-refractivity contribution >= 4 is 29.4 Å². The molecular formula is C24H27F3N4O4S. The summed E-state index contributed by atoms with van der Waals surface area (Å²) in [6, 6.07) is 8.83. The highest BCUT2D eigenvalue weighted by atomic mass is 32.2. The fourth-order valence-electron chi connectivity index (χ4n) is 4.78. The Morgan fingerprint density at radius 2 is 1.89 bits per heavy atom. The molecule has 0 unspecified atom stereocenters. The van der Waals surface area contributed by atoms with Crippen LogP contribution < -0.4 is 20.9 Å². The number of nitrogens with one attached hydrogen (secondary N) is 2. The summed E-state index contributed by atoms with van der Waals surface area (Å²) in [7, 11) is 0. The van der Waals surface area contributed by atoms with E-state index in [0.29, 0.717) is 31.8 Å². The van der Waals surface area contributed by atoms with Gasteiger partial charge in [-0.3, -0.25) is 9.59 Å². The van der Waals surface area contributed by atoms with Crippen LogP contribution in [-0.2, 0) is 11.3 Å². The van der Waals surface area contributed by atoms with Crippen molar-refractivity contribution in [2.45, 2.75) is 37.7 Å². The molecule has 0 spiro atoms. The van der Waals surface area contributed by atoms with E-state index >= 15 is 0 Å². The average molecular weight is 525 g/mol. The Morgan fingerprint density at radius 1 is 1.14 bits per heavy atom. The number of carbonyl (C=O) groups excluding carboxylic acids is 2. The van der Waals surface area contributed by atoms with Gasteiger partial charge in [-0.1, -0.05) is 6.07 Å². The summed E-state index contributed by atoms with van der Waals surface area (Å²) in [5.74, 6) is -0.0348. The Morgan fingerprint density at radius 3 is 2.58 bits per heavy atom. The van der Waals surface area contributed by atoms with Gasteiger partial charge in [-0.15, -0.1) is 13.2 Å². The number of halogens is 3. The zero-order chi connectivity index (χ0) is 25.9. The predicted octanol–water partition coefficient (Wildman–Crippen LogP) is 3.64. The summed E-state index contributed by atoms with van der Waals surface area (Å²) >= 11 is 1.53. The maximum atomic E-state index is 13.2. The number of hydrogen-bond donors (Lipinski definition) is 2. The minimum absolute atomic E-state index is 0.0353.